The summed E-state index contributed by atoms with van der Waals surface area (Å²) in [6.07, 6.45) is 5.54. The molecular weight excluding hydrogens is 292 g/mol. The van der Waals surface area contributed by atoms with Gasteiger partial charge >= 0.3 is 5.97 Å². The quantitative estimate of drug-likeness (QED) is 0.855. The van der Waals surface area contributed by atoms with Crippen molar-refractivity contribution in [2.24, 2.45) is 0 Å². The summed E-state index contributed by atoms with van der Waals surface area (Å²) in [6.45, 7) is 2.55. The lowest BCUT2D eigenvalue weighted by Crippen LogP contribution is -2.36. The summed E-state index contributed by atoms with van der Waals surface area (Å²) in [5, 5.41) is 9.14. The van der Waals surface area contributed by atoms with Gasteiger partial charge in [0.1, 0.15) is 15.5 Å². The maximum Gasteiger partial charge on any atom is 0.352 e. The highest BCUT2D eigenvalue weighted by molar-refractivity contribution is 7.90. The van der Waals surface area contributed by atoms with E-state index in [-0.39, 0.29) is 11.8 Å². The van der Waals surface area contributed by atoms with E-state index in [9.17, 15) is 13.2 Å². The Bertz CT molecular complexity index is 586. The highest BCUT2D eigenvalue weighted by atomic mass is 32.2. The molecule has 21 heavy (non-hydrogen) atoms. The zero-order valence-corrected chi connectivity index (χ0v) is 13.1. The highest BCUT2D eigenvalue weighted by Crippen LogP contribution is 2.24. The van der Waals surface area contributed by atoms with Crippen molar-refractivity contribution < 1.29 is 18.3 Å². The molecule has 0 spiro atoms. The minimum Gasteiger partial charge on any atom is -0.477 e. The van der Waals surface area contributed by atoms with Crippen LogP contribution in [0.4, 0.5) is 0 Å². The van der Waals surface area contributed by atoms with Gasteiger partial charge in [-0.3, -0.25) is 0 Å². The third kappa shape index (κ3) is 4.57. The molecule has 1 aromatic heterocycles. The maximum atomic E-state index is 11.1. The van der Waals surface area contributed by atoms with Crippen LogP contribution in [-0.2, 0) is 9.84 Å². The first kappa shape index (κ1) is 16.0. The Morgan fingerprint density at radius 3 is 2.62 bits per heavy atom. The van der Waals surface area contributed by atoms with Crippen LogP contribution in [-0.4, -0.2) is 60.6 Å². The van der Waals surface area contributed by atoms with E-state index in [0.29, 0.717) is 12.1 Å². The van der Waals surface area contributed by atoms with Crippen LogP contribution in [0.2, 0.25) is 0 Å². The van der Waals surface area contributed by atoms with E-state index in [1.807, 2.05) is 10.8 Å². The van der Waals surface area contributed by atoms with Crippen molar-refractivity contribution in [2.75, 3.05) is 31.6 Å². The van der Waals surface area contributed by atoms with Crippen molar-refractivity contribution in [1.29, 1.82) is 0 Å². The standard InChI is InChI=1S/C14H22N2O4S/c1-21(19,20)11-3-7-15-9-5-12(6-10-15)16-8-2-4-13(16)14(17)18/h2,4,8,12H,3,5-7,9-11H2,1H3,(H,17,18). The Kier molecular flexibility index (Phi) is 5.05. The van der Waals surface area contributed by atoms with E-state index in [1.54, 1.807) is 12.1 Å². The summed E-state index contributed by atoms with van der Waals surface area (Å²) in [6, 6.07) is 3.61. The Balaban J connectivity index is 1.83. The van der Waals surface area contributed by atoms with Crippen LogP contribution in [0.15, 0.2) is 18.3 Å². The first-order valence-corrected chi connectivity index (χ1v) is 9.23. The number of likely N-dealkylation sites (tertiary alicyclic amines) is 1. The number of rotatable bonds is 6. The van der Waals surface area contributed by atoms with Gasteiger partial charge in [-0.05, 0) is 37.9 Å². The molecule has 0 atom stereocenters. The molecule has 1 aliphatic rings. The molecule has 1 aliphatic heterocycles. The van der Waals surface area contributed by atoms with Gasteiger partial charge in [0.15, 0.2) is 0 Å². The maximum absolute atomic E-state index is 11.1. The molecule has 1 aromatic rings. The normalized spacial score (nSPS) is 18.0. The molecule has 0 unspecified atom stereocenters. The van der Waals surface area contributed by atoms with Gasteiger partial charge in [-0.1, -0.05) is 0 Å². The lowest BCUT2D eigenvalue weighted by atomic mass is 10.0. The molecule has 0 aliphatic carbocycles. The second-order valence-electron chi connectivity index (χ2n) is 5.66. The molecule has 0 saturated carbocycles. The van der Waals surface area contributed by atoms with Crippen molar-refractivity contribution >= 4 is 15.8 Å². The van der Waals surface area contributed by atoms with E-state index in [0.717, 1.165) is 32.5 Å². The van der Waals surface area contributed by atoms with Crippen molar-refractivity contribution in [3.63, 3.8) is 0 Å². The Labute approximate surface area is 125 Å². The fourth-order valence-electron chi connectivity index (χ4n) is 2.86. The number of nitrogens with zero attached hydrogens (tertiary/aromatic N) is 2. The van der Waals surface area contributed by atoms with Gasteiger partial charge in [-0.2, -0.15) is 0 Å². The van der Waals surface area contributed by atoms with Crippen LogP contribution in [0.3, 0.4) is 0 Å². The zero-order chi connectivity index (χ0) is 15.5. The lowest BCUT2D eigenvalue weighted by molar-refractivity contribution is 0.0678. The highest BCUT2D eigenvalue weighted by Gasteiger charge is 2.23. The molecule has 118 valence electrons. The summed E-state index contributed by atoms with van der Waals surface area (Å²) in [7, 11) is -2.88. The minimum absolute atomic E-state index is 0.220. The molecule has 0 bridgehead atoms. The summed E-state index contributed by atoms with van der Waals surface area (Å²) in [5.41, 5.74) is 0.338. The number of hydrogen-bond acceptors (Lipinski definition) is 4. The Morgan fingerprint density at radius 1 is 1.38 bits per heavy atom. The molecule has 7 heteroatoms. The molecule has 6 nitrogen and oxygen atoms in total. The number of hydrogen-bond donors (Lipinski definition) is 1. The molecular formula is C14H22N2O4S. The van der Waals surface area contributed by atoms with Crippen molar-refractivity contribution in [3.05, 3.63) is 24.0 Å². The second kappa shape index (κ2) is 6.62. The molecule has 1 N–H and O–H groups in total. The van der Waals surface area contributed by atoms with E-state index < -0.39 is 15.8 Å². The van der Waals surface area contributed by atoms with Gasteiger partial charge in [0.2, 0.25) is 0 Å². The van der Waals surface area contributed by atoms with Crippen LogP contribution in [0.25, 0.3) is 0 Å². The lowest BCUT2D eigenvalue weighted by Gasteiger charge is -2.33. The van der Waals surface area contributed by atoms with Crippen LogP contribution in [0, 0.1) is 0 Å². The number of piperidine rings is 1. The number of aromatic carboxylic acids is 1. The molecule has 0 amide bonds. The summed E-state index contributed by atoms with van der Waals surface area (Å²) in [5.74, 6) is -0.663. The molecule has 1 saturated heterocycles. The van der Waals surface area contributed by atoms with E-state index in [1.165, 1.54) is 6.26 Å². The van der Waals surface area contributed by atoms with E-state index in [2.05, 4.69) is 4.90 Å². The average Bonchev–Trinajstić information content (AvgIpc) is 2.87. The fraction of sp³-hybridized carbons (Fsp3) is 0.643. The summed E-state index contributed by atoms with van der Waals surface area (Å²) in [4.78, 5) is 13.4. The van der Waals surface area contributed by atoms with Gasteiger partial charge < -0.3 is 14.6 Å². The number of aromatic nitrogens is 1. The molecule has 2 heterocycles. The number of carboxylic acid groups (broad SMARTS) is 1. The van der Waals surface area contributed by atoms with Crippen LogP contribution >= 0.6 is 0 Å². The summed E-state index contributed by atoms with van der Waals surface area (Å²) >= 11 is 0. The van der Waals surface area contributed by atoms with Crippen LogP contribution < -0.4 is 0 Å². The Morgan fingerprint density at radius 2 is 2.05 bits per heavy atom. The second-order valence-corrected chi connectivity index (χ2v) is 7.92. The average molecular weight is 314 g/mol. The largest absolute Gasteiger partial charge is 0.477 e. The topological polar surface area (TPSA) is 79.6 Å². The van der Waals surface area contributed by atoms with Crippen molar-refractivity contribution in [1.82, 2.24) is 9.47 Å². The molecule has 1 fully saturated rings. The number of carbonyl (C=O) groups is 1. The van der Waals surface area contributed by atoms with Gasteiger partial charge in [0.25, 0.3) is 0 Å². The third-order valence-corrected chi connectivity index (χ3v) is 4.97. The smallest absolute Gasteiger partial charge is 0.352 e. The number of carboxylic acids is 1. The van der Waals surface area contributed by atoms with Crippen LogP contribution in [0.1, 0.15) is 35.8 Å². The monoisotopic (exact) mass is 314 g/mol. The van der Waals surface area contributed by atoms with E-state index in [4.69, 9.17) is 5.11 Å². The van der Waals surface area contributed by atoms with Crippen molar-refractivity contribution in [2.45, 2.75) is 25.3 Å². The van der Waals surface area contributed by atoms with Gasteiger partial charge in [0.05, 0.1) is 5.75 Å². The first-order chi connectivity index (χ1) is 9.87. The zero-order valence-electron chi connectivity index (χ0n) is 12.2. The fourth-order valence-corrected chi connectivity index (χ4v) is 3.52. The van der Waals surface area contributed by atoms with E-state index >= 15 is 0 Å². The minimum atomic E-state index is -2.88. The van der Waals surface area contributed by atoms with Crippen molar-refractivity contribution in [3.8, 4) is 0 Å². The number of sulfone groups is 1. The van der Waals surface area contributed by atoms with Gasteiger partial charge in [-0.25, -0.2) is 13.2 Å². The van der Waals surface area contributed by atoms with Gasteiger partial charge in [0, 0.05) is 31.6 Å². The predicted octanol–water partition coefficient (Wildman–Crippen LogP) is 1.26. The molecule has 0 radical (unpaired) electrons. The first-order valence-electron chi connectivity index (χ1n) is 7.17. The molecule has 0 aromatic carbocycles. The SMILES string of the molecule is CS(=O)(=O)CCCN1CCC(n2cccc2C(=O)O)CC1. The predicted molar refractivity (Wildman–Crippen MR) is 80.4 cm³/mol. The molecule has 2 rings (SSSR count). The summed E-state index contributed by atoms with van der Waals surface area (Å²) < 4.78 is 24.1. The van der Waals surface area contributed by atoms with Gasteiger partial charge in [-0.15, -0.1) is 0 Å². The third-order valence-electron chi connectivity index (χ3n) is 3.94. The van der Waals surface area contributed by atoms with Crippen LogP contribution in [0.5, 0.6) is 0 Å². The Hall–Kier alpha value is -1.34.